The van der Waals surface area contributed by atoms with Gasteiger partial charge in [0.1, 0.15) is 10.6 Å². The summed E-state index contributed by atoms with van der Waals surface area (Å²) in [5.74, 6) is 1.72. The third kappa shape index (κ3) is 3.52. The Morgan fingerprint density at radius 1 is 1.15 bits per heavy atom. The zero-order chi connectivity index (χ0) is 17.9. The number of amides is 1. The summed E-state index contributed by atoms with van der Waals surface area (Å²) in [6.45, 7) is 1.73. The van der Waals surface area contributed by atoms with Gasteiger partial charge in [0.25, 0.3) is 5.91 Å². The zero-order valence-electron chi connectivity index (χ0n) is 15.5. The molecule has 1 aromatic heterocycles. The Hall–Kier alpha value is -1.81. The van der Waals surface area contributed by atoms with Gasteiger partial charge in [0, 0.05) is 23.5 Å². The van der Waals surface area contributed by atoms with Gasteiger partial charge < -0.3 is 9.64 Å². The second-order valence-corrected chi connectivity index (χ2v) is 8.60. The Balaban J connectivity index is 1.42. The molecule has 0 unspecified atom stereocenters. The van der Waals surface area contributed by atoms with Gasteiger partial charge in [-0.15, -0.1) is 11.3 Å². The molecule has 1 saturated heterocycles. The highest BCUT2D eigenvalue weighted by Gasteiger charge is 2.30. The van der Waals surface area contributed by atoms with E-state index in [1.54, 1.807) is 18.4 Å². The van der Waals surface area contributed by atoms with E-state index < -0.39 is 0 Å². The van der Waals surface area contributed by atoms with Gasteiger partial charge in [-0.1, -0.05) is 30.3 Å². The lowest BCUT2D eigenvalue weighted by Crippen LogP contribution is -2.38. The summed E-state index contributed by atoms with van der Waals surface area (Å²) >= 11 is 1.68. The van der Waals surface area contributed by atoms with Crippen LogP contribution in [0.25, 0.3) is 0 Å². The van der Waals surface area contributed by atoms with E-state index in [9.17, 15) is 4.79 Å². The SMILES string of the molecule is COc1c(C(=O)N2CCC(Cc3ccccc3)CC2)sc2c1CCCC2. The molecule has 1 aromatic carbocycles. The molecule has 0 N–H and O–H groups in total. The summed E-state index contributed by atoms with van der Waals surface area (Å²) in [4.78, 5) is 17.4. The number of aryl methyl sites for hydroxylation is 1. The summed E-state index contributed by atoms with van der Waals surface area (Å²) < 4.78 is 5.66. The van der Waals surface area contributed by atoms with E-state index in [-0.39, 0.29) is 5.91 Å². The highest BCUT2D eigenvalue weighted by Crippen LogP contribution is 2.40. The van der Waals surface area contributed by atoms with E-state index in [4.69, 9.17) is 4.74 Å². The smallest absolute Gasteiger partial charge is 0.267 e. The molecule has 1 amide bonds. The lowest BCUT2D eigenvalue weighted by atomic mass is 9.90. The molecule has 2 heterocycles. The van der Waals surface area contributed by atoms with Crippen LogP contribution >= 0.6 is 11.3 Å². The first kappa shape index (κ1) is 17.6. The lowest BCUT2D eigenvalue weighted by Gasteiger charge is -2.32. The predicted molar refractivity (Wildman–Crippen MR) is 106 cm³/mol. The van der Waals surface area contributed by atoms with Crippen LogP contribution in [0.4, 0.5) is 0 Å². The normalized spacial score (nSPS) is 17.8. The zero-order valence-corrected chi connectivity index (χ0v) is 16.3. The topological polar surface area (TPSA) is 29.5 Å². The number of methoxy groups -OCH3 is 1. The van der Waals surface area contributed by atoms with E-state index >= 15 is 0 Å². The Labute approximate surface area is 160 Å². The Morgan fingerprint density at radius 2 is 1.88 bits per heavy atom. The monoisotopic (exact) mass is 369 g/mol. The maximum atomic E-state index is 13.1. The largest absolute Gasteiger partial charge is 0.495 e. The quantitative estimate of drug-likeness (QED) is 0.780. The first-order valence-corrected chi connectivity index (χ1v) is 10.6. The molecule has 1 aliphatic carbocycles. The molecule has 2 aromatic rings. The van der Waals surface area contributed by atoms with Crippen LogP contribution in [0, 0.1) is 5.92 Å². The number of likely N-dealkylation sites (tertiary alicyclic amines) is 1. The van der Waals surface area contributed by atoms with Crippen LogP contribution in [0.2, 0.25) is 0 Å². The van der Waals surface area contributed by atoms with Crippen LogP contribution in [-0.2, 0) is 19.3 Å². The molecule has 3 nitrogen and oxygen atoms in total. The van der Waals surface area contributed by atoms with Crippen LogP contribution in [0.3, 0.4) is 0 Å². The summed E-state index contributed by atoms with van der Waals surface area (Å²) in [7, 11) is 1.71. The van der Waals surface area contributed by atoms with Crippen LogP contribution in [0.15, 0.2) is 30.3 Å². The maximum Gasteiger partial charge on any atom is 0.267 e. The number of fused-ring (bicyclic) bond motifs is 1. The van der Waals surface area contributed by atoms with Gasteiger partial charge in [-0.3, -0.25) is 4.79 Å². The van der Waals surface area contributed by atoms with Crippen molar-refractivity contribution in [3.63, 3.8) is 0 Å². The fourth-order valence-electron chi connectivity index (χ4n) is 4.32. The number of thiophene rings is 1. The van der Waals surface area contributed by atoms with Gasteiger partial charge in [0.05, 0.1) is 7.11 Å². The van der Waals surface area contributed by atoms with Gasteiger partial charge in [0.15, 0.2) is 0 Å². The van der Waals surface area contributed by atoms with Crippen molar-refractivity contribution < 1.29 is 9.53 Å². The average Bonchev–Trinajstić information content (AvgIpc) is 3.07. The molecule has 1 aliphatic heterocycles. The minimum Gasteiger partial charge on any atom is -0.495 e. The van der Waals surface area contributed by atoms with Gasteiger partial charge >= 0.3 is 0 Å². The Kier molecular flexibility index (Phi) is 5.30. The molecule has 4 rings (SSSR count). The molecule has 0 bridgehead atoms. The molecule has 1 fully saturated rings. The highest BCUT2D eigenvalue weighted by atomic mass is 32.1. The van der Waals surface area contributed by atoms with Crippen molar-refractivity contribution in [3.8, 4) is 5.75 Å². The van der Waals surface area contributed by atoms with Crippen molar-refractivity contribution in [2.75, 3.05) is 20.2 Å². The number of ether oxygens (including phenoxy) is 1. The van der Waals surface area contributed by atoms with Crippen molar-refractivity contribution in [1.29, 1.82) is 0 Å². The average molecular weight is 370 g/mol. The lowest BCUT2D eigenvalue weighted by molar-refractivity contribution is 0.0692. The van der Waals surface area contributed by atoms with Crippen LogP contribution in [-0.4, -0.2) is 31.0 Å². The van der Waals surface area contributed by atoms with Gasteiger partial charge in [-0.05, 0) is 56.4 Å². The molecule has 138 valence electrons. The Bertz CT molecular complexity index is 760. The van der Waals surface area contributed by atoms with Gasteiger partial charge in [-0.25, -0.2) is 0 Å². The molecule has 26 heavy (non-hydrogen) atoms. The van der Waals surface area contributed by atoms with Crippen molar-refractivity contribution in [2.45, 2.75) is 44.9 Å². The third-order valence-electron chi connectivity index (χ3n) is 5.79. The number of nitrogens with zero attached hydrogens (tertiary/aromatic N) is 1. The summed E-state index contributed by atoms with van der Waals surface area (Å²) in [5.41, 5.74) is 2.70. The van der Waals surface area contributed by atoms with E-state index in [0.29, 0.717) is 5.92 Å². The molecule has 0 radical (unpaired) electrons. The predicted octanol–water partition coefficient (Wildman–Crippen LogP) is 4.73. The fourth-order valence-corrected chi connectivity index (χ4v) is 5.65. The molecular formula is C22H27NO2S. The highest BCUT2D eigenvalue weighted by molar-refractivity contribution is 7.14. The van der Waals surface area contributed by atoms with Crippen molar-refractivity contribution >= 4 is 17.2 Å². The second kappa shape index (κ2) is 7.83. The molecule has 0 atom stereocenters. The number of rotatable bonds is 4. The van der Waals surface area contributed by atoms with Crippen LogP contribution < -0.4 is 4.74 Å². The van der Waals surface area contributed by atoms with Crippen LogP contribution in [0.5, 0.6) is 5.75 Å². The molecular weight excluding hydrogens is 342 g/mol. The molecule has 2 aliphatic rings. The number of hydrogen-bond acceptors (Lipinski definition) is 3. The minimum atomic E-state index is 0.180. The number of piperidine rings is 1. The summed E-state index contributed by atoms with van der Waals surface area (Å²) in [6.07, 6.45) is 7.90. The Morgan fingerprint density at radius 3 is 2.62 bits per heavy atom. The van der Waals surface area contributed by atoms with Crippen molar-refractivity contribution in [3.05, 3.63) is 51.2 Å². The maximum absolute atomic E-state index is 13.1. The number of hydrogen-bond donors (Lipinski definition) is 0. The first-order chi connectivity index (χ1) is 12.8. The number of carbonyl (C=O) groups is 1. The van der Waals surface area contributed by atoms with E-state index in [1.807, 2.05) is 4.90 Å². The first-order valence-electron chi connectivity index (χ1n) is 9.78. The second-order valence-electron chi connectivity index (χ2n) is 7.50. The number of benzene rings is 1. The molecule has 4 heteroatoms. The molecule has 0 spiro atoms. The van der Waals surface area contributed by atoms with Gasteiger partial charge in [0.2, 0.25) is 0 Å². The number of carbonyl (C=O) groups excluding carboxylic acids is 1. The van der Waals surface area contributed by atoms with Gasteiger partial charge in [-0.2, -0.15) is 0 Å². The standard InChI is InChI=1S/C22H27NO2S/c1-25-20-18-9-5-6-10-19(18)26-21(20)22(24)23-13-11-17(12-14-23)15-16-7-3-2-4-8-16/h2-4,7-8,17H,5-6,9-15H2,1H3. The summed E-state index contributed by atoms with van der Waals surface area (Å²) in [6, 6.07) is 10.7. The van der Waals surface area contributed by atoms with Crippen LogP contribution in [0.1, 0.15) is 51.4 Å². The minimum absolute atomic E-state index is 0.180. The van der Waals surface area contributed by atoms with E-state index in [1.165, 1.54) is 28.8 Å². The molecule has 0 saturated carbocycles. The van der Waals surface area contributed by atoms with Crippen molar-refractivity contribution in [1.82, 2.24) is 4.90 Å². The van der Waals surface area contributed by atoms with E-state index in [2.05, 4.69) is 30.3 Å². The van der Waals surface area contributed by atoms with Crippen molar-refractivity contribution in [2.24, 2.45) is 5.92 Å². The fraction of sp³-hybridized carbons (Fsp3) is 0.500. The summed E-state index contributed by atoms with van der Waals surface area (Å²) in [5, 5.41) is 0. The van der Waals surface area contributed by atoms with E-state index in [0.717, 1.165) is 55.8 Å². The third-order valence-corrected chi connectivity index (χ3v) is 7.05.